The zero-order chi connectivity index (χ0) is 9.52. The highest BCUT2D eigenvalue weighted by molar-refractivity contribution is 7.80. The lowest BCUT2D eigenvalue weighted by atomic mass is 9.90. The molecular formula is C11H21NS. The van der Waals surface area contributed by atoms with E-state index in [1.165, 1.54) is 37.8 Å². The number of hydrogen-bond donors (Lipinski definition) is 1. The van der Waals surface area contributed by atoms with Gasteiger partial charge in [-0.1, -0.05) is 32.6 Å². The first-order chi connectivity index (χ1) is 6.38. The molecule has 2 heteroatoms. The molecule has 0 radical (unpaired) electrons. The largest absolute Gasteiger partial charge is 0.293 e. The molecule has 0 N–H and O–H groups in total. The molecule has 76 valence electrons. The maximum absolute atomic E-state index is 4.41. The number of nitrogens with zero attached hydrogens (tertiary/aromatic N) is 1. The van der Waals surface area contributed by atoms with Crippen LogP contribution in [0.25, 0.3) is 0 Å². The van der Waals surface area contributed by atoms with Gasteiger partial charge in [-0.15, -0.1) is 0 Å². The maximum atomic E-state index is 4.41. The average molecular weight is 199 g/mol. The van der Waals surface area contributed by atoms with E-state index < -0.39 is 0 Å². The van der Waals surface area contributed by atoms with E-state index in [-0.39, 0.29) is 0 Å². The molecule has 13 heavy (non-hydrogen) atoms. The molecule has 0 bridgehead atoms. The molecule has 0 aromatic carbocycles. The number of hydrogen-bond acceptors (Lipinski definition) is 2. The first-order valence-corrected chi connectivity index (χ1v) is 6.15. The second-order valence-electron chi connectivity index (χ2n) is 3.85. The van der Waals surface area contributed by atoms with Gasteiger partial charge in [-0.2, -0.15) is 12.6 Å². The molecule has 0 amide bonds. The van der Waals surface area contributed by atoms with Gasteiger partial charge in [0.15, 0.2) is 0 Å². The predicted molar refractivity (Wildman–Crippen MR) is 63.0 cm³/mol. The van der Waals surface area contributed by atoms with Gasteiger partial charge in [0, 0.05) is 18.2 Å². The first-order valence-electron chi connectivity index (χ1n) is 5.52. The van der Waals surface area contributed by atoms with Crippen molar-refractivity contribution in [3.8, 4) is 0 Å². The van der Waals surface area contributed by atoms with Crippen molar-refractivity contribution in [1.82, 2.24) is 0 Å². The molecular weight excluding hydrogens is 178 g/mol. The molecule has 0 saturated carbocycles. The van der Waals surface area contributed by atoms with Crippen LogP contribution in [0.1, 0.15) is 45.4 Å². The molecule has 1 rings (SSSR count). The van der Waals surface area contributed by atoms with Crippen molar-refractivity contribution in [2.24, 2.45) is 10.9 Å². The molecule has 0 saturated heterocycles. The maximum Gasteiger partial charge on any atom is 0.0469 e. The third kappa shape index (κ3) is 3.72. The Labute approximate surface area is 87.4 Å². The van der Waals surface area contributed by atoms with Crippen molar-refractivity contribution in [1.29, 1.82) is 0 Å². The van der Waals surface area contributed by atoms with Crippen molar-refractivity contribution < 1.29 is 0 Å². The molecule has 1 atom stereocenters. The van der Waals surface area contributed by atoms with Crippen molar-refractivity contribution in [3.05, 3.63) is 0 Å². The summed E-state index contributed by atoms with van der Waals surface area (Å²) in [5.41, 5.74) is 1.44. The number of unbranched alkanes of at least 4 members (excludes halogenated alkanes) is 3. The van der Waals surface area contributed by atoms with E-state index in [1.54, 1.807) is 0 Å². The summed E-state index contributed by atoms with van der Waals surface area (Å²) >= 11 is 4.23. The van der Waals surface area contributed by atoms with Gasteiger partial charge in [-0.3, -0.25) is 4.99 Å². The van der Waals surface area contributed by atoms with Crippen LogP contribution in [0.2, 0.25) is 0 Å². The zero-order valence-corrected chi connectivity index (χ0v) is 9.52. The Morgan fingerprint density at radius 2 is 2.23 bits per heavy atom. The monoisotopic (exact) mass is 199 g/mol. The summed E-state index contributed by atoms with van der Waals surface area (Å²) < 4.78 is 0. The average Bonchev–Trinajstić information content (AvgIpc) is 2.12. The van der Waals surface area contributed by atoms with Gasteiger partial charge in [0.1, 0.15) is 0 Å². The van der Waals surface area contributed by atoms with E-state index in [4.69, 9.17) is 0 Å². The smallest absolute Gasteiger partial charge is 0.0469 e. The molecule has 0 fully saturated rings. The first kappa shape index (κ1) is 11.1. The van der Waals surface area contributed by atoms with E-state index in [0.29, 0.717) is 0 Å². The number of thiol groups is 1. The minimum absolute atomic E-state index is 0.823. The Balaban J connectivity index is 2.01. The van der Waals surface area contributed by atoms with Gasteiger partial charge in [-0.25, -0.2) is 0 Å². The zero-order valence-electron chi connectivity index (χ0n) is 8.63. The van der Waals surface area contributed by atoms with Crippen molar-refractivity contribution in [2.45, 2.75) is 45.4 Å². The van der Waals surface area contributed by atoms with Gasteiger partial charge in [0.05, 0.1) is 0 Å². The van der Waals surface area contributed by atoms with Crippen LogP contribution in [-0.2, 0) is 0 Å². The predicted octanol–water partition coefficient (Wildman–Crippen LogP) is 3.35. The quantitative estimate of drug-likeness (QED) is 0.477. The number of rotatable bonds is 7. The normalized spacial score (nSPS) is 21.1. The lowest BCUT2D eigenvalue weighted by Crippen LogP contribution is -2.27. The molecule has 0 aromatic heterocycles. The second kappa shape index (κ2) is 6.47. The third-order valence-corrected chi connectivity index (χ3v) is 2.98. The van der Waals surface area contributed by atoms with Crippen molar-refractivity contribution in [2.75, 3.05) is 12.3 Å². The minimum Gasteiger partial charge on any atom is -0.293 e. The fourth-order valence-electron chi connectivity index (χ4n) is 1.82. The molecule has 1 unspecified atom stereocenters. The lowest BCUT2D eigenvalue weighted by molar-refractivity contribution is 0.524. The minimum atomic E-state index is 0.823. The van der Waals surface area contributed by atoms with Gasteiger partial charge < -0.3 is 0 Å². The molecule has 1 aliphatic heterocycles. The fraction of sp³-hybridized carbons (Fsp3) is 0.909. The summed E-state index contributed by atoms with van der Waals surface area (Å²) in [6.07, 6.45) is 8.01. The molecule has 1 heterocycles. The Hall–Kier alpha value is 0.0200. The van der Waals surface area contributed by atoms with E-state index >= 15 is 0 Å². The summed E-state index contributed by atoms with van der Waals surface area (Å²) in [7, 11) is 0. The third-order valence-electron chi connectivity index (χ3n) is 2.76. The fourth-order valence-corrected chi connectivity index (χ4v) is 2.05. The Morgan fingerprint density at radius 1 is 1.38 bits per heavy atom. The molecule has 0 spiro atoms. The summed E-state index contributed by atoms with van der Waals surface area (Å²) in [4.78, 5) is 4.41. The van der Waals surface area contributed by atoms with Gasteiger partial charge >= 0.3 is 0 Å². The Kier molecular flexibility index (Phi) is 5.52. The van der Waals surface area contributed by atoms with Crippen LogP contribution in [-0.4, -0.2) is 18.0 Å². The lowest BCUT2D eigenvalue weighted by Gasteiger charge is -2.25. The number of aliphatic imine (C=N–C) groups is 1. The summed E-state index contributed by atoms with van der Waals surface area (Å²) in [5, 5.41) is 0. The summed E-state index contributed by atoms with van der Waals surface area (Å²) in [6, 6.07) is 0. The van der Waals surface area contributed by atoms with Crippen LogP contribution < -0.4 is 0 Å². The van der Waals surface area contributed by atoms with Crippen LogP contribution in [0.4, 0.5) is 0 Å². The van der Waals surface area contributed by atoms with Crippen molar-refractivity contribution in [3.63, 3.8) is 0 Å². The van der Waals surface area contributed by atoms with Crippen LogP contribution in [0.3, 0.4) is 0 Å². The second-order valence-corrected chi connectivity index (χ2v) is 4.30. The van der Waals surface area contributed by atoms with E-state index in [1.807, 2.05) is 0 Å². The van der Waals surface area contributed by atoms with Gasteiger partial charge in [0.25, 0.3) is 0 Å². The summed E-state index contributed by atoms with van der Waals surface area (Å²) in [5.74, 6) is 1.79. The Morgan fingerprint density at radius 3 is 2.77 bits per heavy atom. The molecule has 1 nitrogen and oxygen atoms in total. The van der Waals surface area contributed by atoms with Crippen LogP contribution in [0.15, 0.2) is 4.99 Å². The SMILES string of the molecule is CCCCCCC1CN=C1CCS. The summed E-state index contributed by atoms with van der Waals surface area (Å²) in [6.45, 7) is 3.35. The van der Waals surface area contributed by atoms with E-state index in [0.717, 1.165) is 24.6 Å². The highest BCUT2D eigenvalue weighted by atomic mass is 32.1. The van der Waals surface area contributed by atoms with Crippen LogP contribution in [0.5, 0.6) is 0 Å². The van der Waals surface area contributed by atoms with Crippen LogP contribution in [0, 0.1) is 5.92 Å². The highest BCUT2D eigenvalue weighted by Crippen LogP contribution is 2.22. The van der Waals surface area contributed by atoms with Gasteiger partial charge in [0.2, 0.25) is 0 Å². The van der Waals surface area contributed by atoms with Gasteiger partial charge in [-0.05, 0) is 18.6 Å². The van der Waals surface area contributed by atoms with Crippen LogP contribution >= 0.6 is 12.6 Å². The molecule has 0 aliphatic carbocycles. The van der Waals surface area contributed by atoms with E-state index in [2.05, 4.69) is 24.5 Å². The van der Waals surface area contributed by atoms with E-state index in [9.17, 15) is 0 Å². The van der Waals surface area contributed by atoms with Crippen molar-refractivity contribution >= 4 is 18.3 Å². The Bertz CT molecular complexity index is 165. The highest BCUT2D eigenvalue weighted by Gasteiger charge is 2.21. The topological polar surface area (TPSA) is 12.4 Å². The standard InChI is InChI=1S/C11H21NS/c1-2-3-4-5-6-10-9-12-11(10)7-8-13/h10,13H,2-9H2,1H3. The molecule has 1 aliphatic rings. The molecule has 0 aromatic rings.